The Morgan fingerprint density at radius 2 is 2.06 bits per heavy atom. The summed E-state index contributed by atoms with van der Waals surface area (Å²) in [6.45, 7) is 4.21. The number of nitrogens with one attached hydrogen (secondary N) is 1. The second-order valence-electron chi connectivity index (χ2n) is 5.41. The average Bonchev–Trinajstić information content (AvgIpc) is 2.20. The van der Waals surface area contributed by atoms with Crippen molar-refractivity contribution in [2.75, 3.05) is 5.32 Å². The van der Waals surface area contributed by atoms with Crippen LogP contribution < -0.4 is 5.32 Å². The lowest BCUT2D eigenvalue weighted by Crippen LogP contribution is -2.24. The fourth-order valence-corrected chi connectivity index (χ4v) is 2.61. The molecule has 0 unspecified atom stereocenters. The first kappa shape index (κ1) is 13.6. The number of ketones is 1. The fraction of sp³-hybridized carbons (Fsp3) is 0.357. The average molecular weight is 329 g/mol. The predicted molar refractivity (Wildman–Crippen MR) is 78.9 cm³/mol. The highest BCUT2D eigenvalue weighted by atomic mass is 79.9. The van der Waals surface area contributed by atoms with Gasteiger partial charge < -0.3 is 5.32 Å². The standard InChI is InChI=1S/C14H15BrClNO/c1-14(2)7-10(5-11(18)8-14)17-9-3-4-12(15)13(16)6-9/h3-6,17H,7-8H2,1-2H3. The Balaban J connectivity index is 2.18. The minimum atomic E-state index is 0.0212. The molecule has 0 aliphatic heterocycles. The number of benzene rings is 1. The number of allylic oxidation sites excluding steroid dienone is 2. The molecule has 18 heavy (non-hydrogen) atoms. The number of carbonyl (C=O) groups excluding carboxylic acids is 1. The number of anilines is 1. The molecule has 0 amide bonds. The summed E-state index contributed by atoms with van der Waals surface area (Å²) in [7, 11) is 0. The summed E-state index contributed by atoms with van der Waals surface area (Å²) >= 11 is 9.40. The molecule has 1 aromatic rings. The maximum atomic E-state index is 11.7. The topological polar surface area (TPSA) is 29.1 Å². The van der Waals surface area contributed by atoms with Gasteiger partial charge in [-0.2, -0.15) is 0 Å². The Hall–Kier alpha value is -0.800. The van der Waals surface area contributed by atoms with Crippen LogP contribution in [0.15, 0.2) is 34.4 Å². The molecule has 0 spiro atoms. The van der Waals surface area contributed by atoms with E-state index >= 15 is 0 Å². The van der Waals surface area contributed by atoms with Gasteiger partial charge in [-0.05, 0) is 46.0 Å². The molecule has 2 nitrogen and oxygen atoms in total. The van der Waals surface area contributed by atoms with Crippen molar-refractivity contribution in [3.8, 4) is 0 Å². The van der Waals surface area contributed by atoms with Crippen LogP contribution in [-0.4, -0.2) is 5.78 Å². The van der Waals surface area contributed by atoms with Crippen LogP contribution in [-0.2, 0) is 4.79 Å². The first-order chi connectivity index (χ1) is 8.35. The quantitative estimate of drug-likeness (QED) is 0.846. The minimum absolute atomic E-state index is 0.0212. The lowest BCUT2D eigenvalue weighted by molar-refractivity contribution is -0.117. The third kappa shape index (κ3) is 3.36. The number of halogens is 2. The molecular weight excluding hydrogens is 314 g/mol. The lowest BCUT2D eigenvalue weighted by Gasteiger charge is -2.29. The van der Waals surface area contributed by atoms with Crippen molar-refractivity contribution in [2.24, 2.45) is 5.41 Å². The number of carbonyl (C=O) groups is 1. The zero-order chi connectivity index (χ0) is 13.3. The van der Waals surface area contributed by atoms with Crippen LogP contribution in [0.1, 0.15) is 26.7 Å². The van der Waals surface area contributed by atoms with Crippen LogP contribution >= 0.6 is 27.5 Å². The molecule has 0 saturated carbocycles. The van der Waals surface area contributed by atoms with Crippen molar-refractivity contribution in [1.82, 2.24) is 0 Å². The minimum Gasteiger partial charge on any atom is -0.359 e. The molecule has 0 heterocycles. The van der Waals surface area contributed by atoms with Gasteiger partial charge in [0, 0.05) is 28.4 Å². The summed E-state index contributed by atoms with van der Waals surface area (Å²) in [5.74, 6) is 0.178. The highest BCUT2D eigenvalue weighted by molar-refractivity contribution is 9.10. The third-order valence-corrected chi connectivity index (χ3v) is 4.11. The van der Waals surface area contributed by atoms with E-state index in [2.05, 4.69) is 35.1 Å². The van der Waals surface area contributed by atoms with Crippen molar-refractivity contribution in [3.05, 3.63) is 39.5 Å². The number of hydrogen-bond acceptors (Lipinski definition) is 2. The Labute approximate surface area is 121 Å². The van der Waals surface area contributed by atoms with Gasteiger partial charge in [0.25, 0.3) is 0 Å². The van der Waals surface area contributed by atoms with Crippen molar-refractivity contribution in [1.29, 1.82) is 0 Å². The van der Waals surface area contributed by atoms with Gasteiger partial charge in [-0.1, -0.05) is 25.4 Å². The van der Waals surface area contributed by atoms with Crippen molar-refractivity contribution in [2.45, 2.75) is 26.7 Å². The zero-order valence-corrected chi connectivity index (χ0v) is 12.7. The molecule has 0 atom stereocenters. The smallest absolute Gasteiger partial charge is 0.157 e. The van der Waals surface area contributed by atoms with Gasteiger partial charge in [0.2, 0.25) is 0 Å². The Kier molecular flexibility index (Phi) is 3.83. The summed E-state index contributed by atoms with van der Waals surface area (Å²) in [6.07, 6.45) is 3.17. The van der Waals surface area contributed by atoms with Gasteiger partial charge >= 0.3 is 0 Å². The van der Waals surface area contributed by atoms with E-state index in [9.17, 15) is 4.79 Å². The molecule has 0 saturated heterocycles. The SMILES string of the molecule is CC1(C)CC(=O)C=C(Nc2ccc(Br)c(Cl)c2)C1. The van der Waals surface area contributed by atoms with Crippen LogP contribution in [0, 0.1) is 5.41 Å². The number of rotatable bonds is 2. The van der Waals surface area contributed by atoms with Gasteiger partial charge in [-0.25, -0.2) is 0 Å². The van der Waals surface area contributed by atoms with E-state index in [1.165, 1.54) is 0 Å². The molecule has 2 rings (SSSR count). The van der Waals surface area contributed by atoms with E-state index in [1.54, 1.807) is 6.08 Å². The molecular formula is C14H15BrClNO. The Morgan fingerprint density at radius 3 is 2.67 bits per heavy atom. The molecule has 0 radical (unpaired) electrons. The molecule has 1 N–H and O–H groups in total. The second kappa shape index (κ2) is 5.06. The van der Waals surface area contributed by atoms with E-state index in [4.69, 9.17) is 11.6 Å². The molecule has 1 aromatic carbocycles. The van der Waals surface area contributed by atoms with E-state index in [0.717, 1.165) is 22.3 Å². The Morgan fingerprint density at radius 1 is 1.33 bits per heavy atom. The molecule has 0 bridgehead atoms. The van der Waals surface area contributed by atoms with Gasteiger partial charge in [0.05, 0.1) is 5.02 Å². The molecule has 0 fully saturated rings. The number of hydrogen-bond donors (Lipinski definition) is 1. The summed E-state index contributed by atoms with van der Waals surface area (Å²) in [4.78, 5) is 11.7. The molecule has 0 aromatic heterocycles. The van der Waals surface area contributed by atoms with Crippen LogP contribution in [0.5, 0.6) is 0 Å². The Bertz CT molecular complexity index is 523. The van der Waals surface area contributed by atoms with E-state index in [-0.39, 0.29) is 11.2 Å². The zero-order valence-electron chi connectivity index (χ0n) is 10.4. The third-order valence-electron chi connectivity index (χ3n) is 2.88. The van der Waals surface area contributed by atoms with E-state index < -0.39 is 0 Å². The summed E-state index contributed by atoms with van der Waals surface area (Å²) < 4.78 is 0.865. The lowest BCUT2D eigenvalue weighted by atomic mass is 9.79. The molecule has 4 heteroatoms. The van der Waals surface area contributed by atoms with Crippen molar-refractivity contribution in [3.63, 3.8) is 0 Å². The monoisotopic (exact) mass is 327 g/mol. The van der Waals surface area contributed by atoms with Crippen LogP contribution in [0.2, 0.25) is 5.02 Å². The highest BCUT2D eigenvalue weighted by Gasteiger charge is 2.27. The molecule has 1 aliphatic carbocycles. The first-order valence-electron chi connectivity index (χ1n) is 5.81. The van der Waals surface area contributed by atoms with E-state index in [0.29, 0.717) is 11.4 Å². The molecule has 1 aliphatic rings. The van der Waals surface area contributed by atoms with Crippen molar-refractivity contribution >= 4 is 39.0 Å². The molecule has 96 valence electrons. The fourth-order valence-electron chi connectivity index (χ4n) is 2.19. The summed E-state index contributed by atoms with van der Waals surface area (Å²) in [5.41, 5.74) is 1.88. The maximum Gasteiger partial charge on any atom is 0.157 e. The normalized spacial score (nSPS) is 18.4. The van der Waals surface area contributed by atoms with Gasteiger partial charge in [0.15, 0.2) is 5.78 Å². The van der Waals surface area contributed by atoms with Crippen molar-refractivity contribution < 1.29 is 4.79 Å². The maximum absolute atomic E-state index is 11.7. The largest absolute Gasteiger partial charge is 0.359 e. The van der Waals surface area contributed by atoms with Gasteiger partial charge in [-0.15, -0.1) is 0 Å². The highest BCUT2D eigenvalue weighted by Crippen LogP contribution is 2.34. The van der Waals surface area contributed by atoms with E-state index in [1.807, 2.05) is 18.2 Å². The van der Waals surface area contributed by atoms with Gasteiger partial charge in [0.1, 0.15) is 0 Å². The second-order valence-corrected chi connectivity index (χ2v) is 6.67. The van der Waals surface area contributed by atoms with Crippen LogP contribution in [0.4, 0.5) is 5.69 Å². The first-order valence-corrected chi connectivity index (χ1v) is 6.98. The van der Waals surface area contributed by atoms with Gasteiger partial charge in [-0.3, -0.25) is 4.79 Å². The van der Waals surface area contributed by atoms with Crippen LogP contribution in [0.3, 0.4) is 0 Å². The summed E-state index contributed by atoms with van der Waals surface area (Å²) in [5, 5.41) is 3.92. The summed E-state index contributed by atoms with van der Waals surface area (Å²) in [6, 6.07) is 5.67. The predicted octanol–water partition coefficient (Wildman–Crippen LogP) is 4.79. The van der Waals surface area contributed by atoms with Crippen LogP contribution in [0.25, 0.3) is 0 Å².